The molecule has 0 aliphatic carbocycles. The van der Waals surface area contributed by atoms with Gasteiger partial charge in [-0.3, -0.25) is 4.99 Å². The molecule has 2 rings (SSSR count). The molecule has 1 unspecified atom stereocenters. The molecule has 116 valence electrons. The Morgan fingerprint density at radius 3 is 2.57 bits per heavy atom. The van der Waals surface area contributed by atoms with E-state index in [-0.39, 0.29) is 0 Å². The van der Waals surface area contributed by atoms with Gasteiger partial charge in [0, 0.05) is 18.1 Å². The van der Waals surface area contributed by atoms with E-state index in [1.54, 1.807) is 23.9 Å². The average molecular weight is 326 g/mol. The van der Waals surface area contributed by atoms with Gasteiger partial charge in [0.05, 0.1) is 11.4 Å². The van der Waals surface area contributed by atoms with E-state index in [1.807, 2.05) is 12.1 Å². The Morgan fingerprint density at radius 2 is 2.00 bits per heavy atom. The summed E-state index contributed by atoms with van der Waals surface area (Å²) in [7, 11) is -3.12. The molecule has 1 fully saturated rings. The third kappa shape index (κ3) is 4.74. The lowest BCUT2D eigenvalue weighted by atomic mass is 10.0. The fourth-order valence-corrected chi connectivity index (χ4v) is 3.74. The summed E-state index contributed by atoms with van der Waals surface area (Å²) in [6, 6.07) is 7.44. The Hall–Kier alpha value is -1.01. The Balaban J connectivity index is 2.00. The number of sulfone groups is 1. The van der Waals surface area contributed by atoms with Crippen LogP contribution in [0.15, 0.2) is 34.2 Å². The summed E-state index contributed by atoms with van der Waals surface area (Å²) in [6.45, 7) is 5.01. The zero-order valence-electron chi connectivity index (χ0n) is 12.7. The van der Waals surface area contributed by atoms with Crippen LogP contribution >= 0.6 is 11.8 Å². The lowest BCUT2D eigenvalue weighted by molar-refractivity contribution is 0.442. The van der Waals surface area contributed by atoms with Crippen molar-refractivity contribution in [2.24, 2.45) is 10.9 Å². The highest BCUT2D eigenvalue weighted by Crippen LogP contribution is 2.19. The van der Waals surface area contributed by atoms with Crippen LogP contribution in [-0.4, -0.2) is 31.6 Å². The zero-order valence-corrected chi connectivity index (χ0v) is 14.3. The van der Waals surface area contributed by atoms with Gasteiger partial charge in [0.2, 0.25) is 0 Å². The molecule has 0 radical (unpaired) electrons. The van der Waals surface area contributed by atoms with Crippen LogP contribution in [0.2, 0.25) is 0 Å². The molecule has 0 aromatic heterocycles. The number of nitrogens with zero attached hydrogens (tertiary/aromatic N) is 1. The molecule has 0 spiro atoms. The molecule has 1 aliphatic rings. The minimum absolute atomic E-state index is 0.351. The first-order valence-corrected chi connectivity index (χ1v) is 9.97. The summed E-state index contributed by atoms with van der Waals surface area (Å²) in [6.07, 6.45) is 2.39. The van der Waals surface area contributed by atoms with Crippen molar-refractivity contribution in [3.8, 4) is 0 Å². The van der Waals surface area contributed by atoms with Crippen molar-refractivity contribution in [3.05, 3.63) is 29.8 Å². The molecule has 0 bridgehead atoms. The standard InChI is InChI=1S/C15H22N2O2S2/c1-11(2)14-8-9-20-15(17-14)16-10-12-4-6-13(7-5-12)21(3,18)19/h4-7,11,14H,8-10H2,1-3H3,(H,16,17). The minimum atomic E-state index is -3.12. The predicted octanol–water partition coefficient (Wildman–Crippen LogP) is 2.70. The van der Waals surface area contributed by atoms with Gasteiger partial charge in [-0.1, -0.05) is 37.7 Å². The Kier molecular flexibility index (Phi) is 5.32. The van der Waals surface area contributed by atoms with Crippen LogP contribution < -0.4 is 5.32 Å². The molecule has 1 heterocycles. The number of amidine groups is 1. The van der Waals surface area contributed by atoms with Crippen molar-refractivity contribution in [1.29, 1.82) is 0 Å². The number of thioether (sulfide) groups is 1. The number of rotatable bonds is 4. The molecule has 4 nitrogen and oxygen atoms in total. The molecule has 1 aromatic rings. The number of aliphatic imine (C=N–C) groups is 1. The number of benzene rings is 1. The molecule has 6 heteroatoms. The van der Waals surface area contributed by atoms with Gasteiger partial charge in [-0.05, 0) is 30.0 Å². The van der Waals surface area contributed by atoms with E-state index >= 15 is 0 Å². The molecule has 1 saturated heterocycles. The van der Waals surface area contributed by atoms with Crippen LogP contribution in [0.5, 0.6) is 0 Å². The number of nitrogens with one attached hydrogen (secondary N) is 1. The summed E-state index contributed by atoms with van der Waals surface area (Å²) in [5.41, 5.74) is 1.02. The molecule has 21 heavy (non-hydrogen) atoms. The third-order valence-corrected chi connectivity index (χ3v) is 5.63. The summed E-state index contributed by atoms with van der Waals surface area (Å²) >= 11 is 1.75. The van der Waals surface area contributed by atoms with Crippen LogP contribution in [0.25, 0.3) is 0 Å². The summed E-state index contributed by atoms with van der Waals surface area (Å²) < 4.78 is 22.8. The zero-order chi connectivity index (χ0) is 15.5. The van der Waals surface area contributed by atoms with Crippen molar-refractivity contribution in [2.45, 2.75) is 37.8 Å². The maximum atomic E-state index is 11.4. The van der Waals surface area contributed by atoms with Crippen molar-refractivity contribution in [3.63, 3.8) is 0 Å². The highest BCUT2D eigenvalue weighted by molar-refractivity contribution is 8.13. The van der Waals surface area contributed by atoms with Crippen LogP contribution in [0.4, 0.5) is 0 Å². The molecular weight excluding hydrogens is 304 g/mol. The van der Waals surface area contributed by atoms with Crippen molar-refractivity contribution in [1.82, 2.24) is 5.32 Å². The first-order valence-electron chi connectivity index (χ1n) is 7.09. The normalized spacial score (nSPS) is 21.5. The van der Waals surface area contributed by atoms with Gasteiger partial charge >= 0.3 is 0 Å². The topological polar surface area (TPSA) is 58.5 Å². The highest BCUT2D eigenvalue weighted by Gasteiger charge is 2.19. The quantitative estimate of drug-likeness (QED) is 0.924. The van der Waals surface area contributed by atoms with Crippen molar-refractivity contribution in [2.75, 3.05) is 12.0 Å². The maximum Gasteiger partial charge on any atom is 0.175 e. The fourth-order valence-electron chi connectivity index (χ4n) is 2.15. The molecule has 1 aliphatic heterocycles. The molecular formula is C15H22N2O2S2. The van der Waals surface area contributed by atoms with E-state index in [0.717, 1.165) is 16.5 Å². The number of hydrogen-bond acceptors (Lipinski definition) is 4. The van der Waals surface area contributed by atoms with Crippen LogP contribution in [0.1, 0.15) is 25.8 Å². The van der Waals surface area contributed by atoms with Gasteiger partial charge in [0.1, 0.15) is 0 Å². The van der Waals surface area contributed by atoms with Crippen molar-refractivity contribution >= 4 is 26.8 Å². The van der Waals surface area contributed by atoms with Gasteiger partial charge in [-0.25, -0.2) is 8.42 Å². The van der Waals surface area contributed by atoms with Gasteiger partial charge in [-0.15, -0.1) is 0 Å². The maximum absolute atomic E-state index is 11.4. The Bertz CT molecular complexity index is 607. The van der Waals surface area contributed by atoms with E-state index in [1.165, 1.54) is 12.7 Å². The van der Waals surface area contributed by atoms with E-state index < -0.39 is 9.84 Å². The van der Waals surface area contributed by atoms with E-state index in [2.05, 4.69) is 24.2 Å². The number of hydrogen-bond donors (Lipinski definition) is 1. The second-order valence-corrected chi connectivity index (χ2v) is 8.77. The molecule has 0 amide bonds. The fraction of sp³-hybridized carbons (Fsp3) is 0.533. The monoisotopic (exact) mass is 326 g/mol. The van der Waals surface area contributed by atoms with Gasteiger partial charge in [0.15, 0.2) is 15.0 Å². The summed E-state index contributed by atoms with van der Waals surface area (Å²) in [4.78, 5) is 4.95. The largest absolute Gasteiger partial charge is 0.362 e. The average Bonchev–Trinajstić information content (AvgIpc) is 2.45. The van der Waals surface area contributed by atoms with Gasteiger partial charge in [-0.2, -0.15) is 0 Å². The van der Waals surface area contributed by atoms with Crippen LogP contribution in [-0.2, 0) is 16.4 Å². The first kappa shape index (κ1) is 16.4. The Morgan fingerprint density at radius 1 is 1.33 bits per heavy atom. The second kappa shape index (κ2) is 6.83. The predicted molar refractivity (Wildman–Crippen MR) is 89.5 cm³/mol. The highest BCUT2D eigenvalue weighted by atomic mass is 32.2. The first-order chi connectivity index (χ1) is 9.86. The SMILES string of the molecule is CC(C)C1CCSC(=NCc2ccc(S(C)(=O)=O)cc2)N1. The summed E-state index contributed by atoms with van der Waals surface area (Å²) in [5.74, 6) is 1.70. The van der Waals surface area contributed by atoms with Crippen LogP contribution in [0.3, 0.4) is 0 Å². The molecule has 0 saturated carbocycles. The third-order valence-electron chi connectivity index (χ3n) is 3.54. The van der Waals surface area contributed by atoms with Crippen molar-refractivity contribution < 1.29 is 8.42 Å². The van der Waals surface area contributed by atoms with E-state index in [0.29, 0.717) is 23.4 Å². The lowest BCUT2D eigenvalue weighted by Crippen LogP contribution is -2.41. The molecule has 1 aromatic carbocycles. The van der Waals surface area contributed by atoms with Gasteiger partial charge in [0.25, 0.3) is 0 Å². The van der Waals surface area contributed by atoms with E-state index in [4.69, 9.17) is 0 Å². The smallest absolute Gasteiger partial charge is 0.175 e. The molecule has 1 N–H and O–H groups in total. The minimum Gasteiger partial charge on any atom is -0.362 e. The van der Waals surface area contributed by atoms with Crippen LogP contribution in [0, 0.1) is 5.92 Å². The Labute approximate surface area is 131 Å². The summed E-state index contributed by atoms with van der Waals surface area (Å²) in [5, 5.41) is 4.47. The lowest BCUT2D eigenvalue weighted by Gasteiger charge is -2.28. The van der Waals surface area contributed by atoms with Gasteiger partial charge < -0.3 is 5.32 Å². The second-order valence-electron chi connectivity index (χ2n) is 5.67. The molecule has 1 atom stereocenters. The van der Waals surface area contributed by atoms with E-state index in [9.17, 15) is 8.42 Å².